The highest BCUT2D eigenvalue weighted by Gasteiger charge is 2.13. The maximum absolute atomic E-state index is 13.1. The molecule has 3 rings (SSSR count). The number of nitrogens with zero attached hydrogens (tertiary/aromatic N) is 2. The van der Waals surface area contributed by atoms with Crippen LogP contribution >= 0.6 is 0 Å². The molecule has 0 saturated carbocycles. The molecule has 142 valence electrons. The Morgan fingerprint density at radius 3 is 2.25 bits per heavy atom. The second-order valence-electron chi connectivity index (χ2n) is 6.38. The van der Waals surface area contributed by atoms with E-state index in [1.165, 1.54) is 24.3 Å². The number of sulfonamides is 1. The molecule has 1 heterocycles. The molecular formula is C21H18FN3O2S. The van der Waals surface area contributed by atoms with Crippen LogP contribution in [-0.2, 0) is 10.0 Å². The van der Waals surface area contributed by atoms with E-state index in [4.69, 9.17) is 5.14 Å². The normalized spacial score (nSPS) is 12.0. The molecule has 0 fully saturated rings. The molecule has 0 spiro atoms. The molecule has 28 heavy (non-hydrogen) atoms. The van der Waals surface area contributed by atoms with Crippen molar-refractivity contribution in [2.24, 2.45) is 5.14 Å². The molecule has 0 amide bonds. The van der Waals surface area contributed by atoms with E-state index in [1.807, 2.05) is 24.5 Å². The number of nitrogens with two attached hydrogens (primary N) is 1. The minimum Gasteiger partial charge on any atom is -0.318 e. The van der Waals surface area contributed by atoms with Gasteiger partial charge >= 0.3 is 0 Å². The monoisotopic (exact) mass is 395 g/mol. The molecule has 0 saturated heterocycles. The highest BCUT2D eigenvalue weighted by molar-refractivity contribution is 7.89. The number of allylic oxidation sites excluding steroid dienone is 1. The molecule has 5 nitrogen and oxygen atoms in total. The van der Waals surface area contributed by atoms with E-state index in [1.54, 1.807) is 30.3 Å². The van der Waals surface area contributed by atoms with Crippen LogP contribution in [0.1, 0.15) is 22.5 Å². The average molecular weight is 395 g/mol. The van der Waals surface area contributed by atoms with E-state index < -0.39 is 10.0 Å². The van der Waals surface area contributed by atoms with E-state index in [2.05, 4.69) is 6.07 Å². The molecular weight excluding hydrogens is 377 g/mol. The Bertz CT molecular complexity index is 1200. The van der Waals surface area contributed by atoms with Crippen molar-refractivity contribution in [3.05, 3.63) is 82.9 Å². The molecule has 7 heteroatoms. The highest BCUT2D eigenvalue weighted by atomic mass is 32.2. The fourth-order valence-corrected chi connectivity index (χ4v) is 3.60. The van der Waals surface area contributed by atoms with Crippen molar-refractivity contribution in [3.63, 3.8) is 0 Å². The molecule has 0 radical (unpaired) electrons. The number of primary sulfonamides is 1. The van der Waals surface area contributed by atoms with Crippen LogP contribution in [0.4, 0.5) is 4.39 Å². The fourth-order valence-electron chi connectivity index (χ4n) is 3.08. The number of hydrogen-bond donors (Lipinski definition) is 1. The quantitative estimate of drug-likeness (QED) is 0.679. The molecule has 2 aromatic carbocycles. The zero-order valence-electron chi connectivity index (χ0n) is 15.3. The Hall–Kier alpha value is -3.21. The lowest BCUT2D eigenvalue weighted by Crippen LogP contribution is -2.12. The molecule has 0 aliphatic rings. The van der Waals surface area contributed by atoms with Gasteiger partial charge in [-0.05, 0) is 73.5 Å². The molecule has 0 bridgehead atoms. The number of aryl methyl sites for hydroxylation is 1. The first-order valence-corrected chi connectivity index (χ1v) is 9.95. The Morgan fingerprint density at radius 2 is 1.71 bits per heavy atom. The minimum absolute atomic E-state index is 0.0434. The van der Waals surface area contributed by atoms with Crippen LogP contribution in [-0.4, -0.2) is 13.0 Å². The summed E-state index contributed by atoms with van der Waals surface area (Å²) in [6.07, 6.45) is 1.75. The molecule has 0 unspecified atom stereocenters. The number of nitriles is 1. The van der Waals surface area contributed by atoms with Gasteiger partial charge in [0.1, 0.15) is 5.82 Å². The van der Waals surface area contributed by atoms with Gasteiger partial charge in [-0.15, -0.1) is 0 Å². The average Bonchev–Trinajstić information content (AvgIpc) is 2.93. The van der Waals surface area contributed by atoms with E-state index in [0.29, 0.717) is 11.1 Å². The number of halogens is 1. The van der Waals surface area contributed by atoms with Crippen LogP contribution in [0.15, 0.2) is 59.5 Å². The zero-order valence-corrected chi connectivity index (χ0v) is 16.2. The SMILES string of the molecule is Cc1cc(/C=C(/C#N)c2ccc(F)cc2)c(C)n1-c1ccc(S(N)(=O)=O)cc1. The molecule has 0 atom stereocenters. The first kappa shape index (κ1) is 19.5. The minimum atomic E-state index is -3.75. The third-order valence-electron chi connectivity index (χ3n) is 4.47. The fraction of sp³-hybridized carbons (Fsp3) is 0.0952. The van der Waals surface area contributed by atoms with Gasteiger partial charge in [0.05, 0.1) is 16.5 Å². The molecule has 1 aromatic heterocycles. The Kier molecular flexibility index (Phi) is 5.18. The summed E-state index contributed by atoms with van der Waals surface area (Å²) < 4.78 is 38.0. The van der Waals surface area contributed by atoms with Gasteiger partial charge in [-0.1, -0.05) is 12.1 Å². The lowest BCUT2D eigenvalue weighted by Gasteiger charge is -2.10. The van der Waals surface area contributed by atoms with Gasteiger partial charge < -0.3 is 4.57 Å². The van der Waals surface area contributed by atoms with Crippen molar-refractivity contribution in [3.8, 4) is 11.8 Å². The second-order valence-corrected chi connectivity index (χ2v) is 7.94. The standard InChI is InChI=1S/C21H18FN3O2S/c1-14-11-17(12-18(13-23)16-3-5-19(22)6-4-16)15(2)25(14)20-7-9-21(10-8-20)28(24,26)27/h3-12H,1-2H3,(H2,24,26,27)/b18-12-. The van der Waals surface area contributed by atoms with E-state index in [0.717, 1.165) is 22.6 Å². The highest BCUT2D eigenvalue weighted by Crippen LogP contribution is 2.26. The van der Waals surface area contributed by atoms with Crippen molar-refractivity contribution >= 4 is 21.7 Å². The Balaban J connectivity index is 2.04. The van der Waals surface area contributed by atoms with E-state index >= 15 is 0 Å². The van der Waals surface area contributed by atoms with Crippen LogP contribution in [0.5, 0.6) is 0 Å². The van der Waals surface area contributed by atoms with Gasteiger partial charge in [-0.2, -0.15) is 5.26 Å². The number of aromatic nitrogens is 1. The van der Waals surface area contributed by atoms with Crippen LogP contribution < -0.4 is 5.14 Å². The summed E-state index contributed by atoms with van der Waals surface area (Å²) in [5.41, 5.74) is 4.48. The lowest BCUT2D eigenvalue weighted by atomic mass is 10.0. The van der Waals surface area contributed by atoms with Crippen molar-refractivity contribution in [1.29, 1.82) is 5.26 Å². The Morgan fingerprint density at radius 1 is 1.11 bits per heavy atom. The first-order valence-electron chi connectivity index (χ1n) is 8.40. The van der Waals surface area contributed by atoms with Crippen molar-refractivity contribution in [2.45, 2.75) is 18.7 Å². The predicted octanol–water partition coefficient (Wildman–Crippen LogP) is 3.94. The third-order valence-corrected chi connectivity index (χ3v) is 5.40. The van der Waals surface area contributed by atoms with Crippen LogP contribution in [0.25, 0.3) is 17.3 Å². The summed E-state index contributed by atoms with van der Waals surface area (Å²) >= 11 is 0. The Labute approximate surface area is 163 Å². The van der Waals surface area contributed by atoms with Crippen molar-refractivity contribution < 1.29 is 12.8 Å². The predicted molar refractivity (Wildman–Crippen MR) is 107 cm³/mol. The smallest absolute Gasteiger partial charge is 0.238 e. The topological polar surface area (TPSA) is 88.9 Å². The van der Waals surface area contributed by atoms with Crippen LogP contribution in [0.3, 0.4) is 0 Å². The second kappa shape index (κ2) is 7.43. The summed E-state index contributed by atoms with van der Waals surface area (Å²) in [5, 5.41) is 14.7. The first-order chi connectivity index (χ1) is 13.2. The van der Waals surface area contributed by atoms with Crippen molar-refractivity contribution in [1.82, 2.24) is 4.57 Å². The summed E-state index contributed by atoms with van der Waals surface area (Å²) in [7, 11) is -3.75. The van der Waals surface area contributed by atoms with E-state index in [9.17, 15) is 18.1 Å². The third kappa shape index (κ3) is 3.88. The van der Waals surface area contributed by atoms with Gasteiger partial charge in [0.2, 0.25) is 10.0 Å². The molecule has 0 aliphatic carbocycles. The molecule has 0 aliphatic heterocycles. The molecule has 2 N–H and O–H groups in total. The lowest BCUT2D eigenvalue weighted by molar-refractivity contribution is 0.598. The van der Waals surface area contributed by atoms with E-state index in [-0.39, 0.29) is 10.7 Å². The van der Waals surface area contributed by atoms with Gasteiger partial charge in [-0.25, -0.2) is 17.9 Å². The van der Waals surface area contributed by atoms with Crippen molar-refractivity contribution in [2.75, 3.05) is 0 Å². The van der Waals surface area contributed by atoms with Gasteiger partial charge in [0.25, 0.3) is 0 Å². The van der Waals surface area contributed by atoms with Crippen LogP contribution in [0, 0.1) is 31.0 Å². The maximum Gasteiger partial charge on any atom is 0.238 e. The van der Waals surface area contributed by atoms with Gasteiger partial charge in [0, 0.05) is 17.1 Å². The zero-order chi connectivity index (χ0) is 20.5. The maximum atomic E-state index is 13.1. The van der Waals surface area contributed by atoms with Gasteiger partial charge in [-0.3, -0.25) is 0 Å². The number of benzene rings is 2. The number of hydrogen-bond acceptors (Lipinski definition) is 3. The summed E-state index contributed by atoms with van der Waals surface area (Å²) in [6, 6.07) is 16.1. The largest absolute Gasteiger partial charge is 0.318 e. The van der Waals surface area contributed by atoms with Crippen LogP contribution in [0.2, 0.25) is 0 Å². The van der Waals surface area contributed by atoms with Gasteiger partial charge in [0.15, 0.2) is 0 Å². The number of rotatable bonds is 4. The summed E-state index contributed by atoms with van der Waals surface area (Å²) in [4.78, 5) is 0.0434. The summed E-state index contributed by atoms with van der Waals surface area (Å²) in [6.45, 7) is 3.83. The summed E-state index contributed by atoms with van der Waals surface area (Å²) in [5.74, 6) is -0.359. The molecule has 3 aromatic rings.